The van der Waals surface area contributed by atoms with Crippen molar-refractivity contribution in [3.8, 4) is 0 Å². The lowest BCUT2D eigenvalue weighted by molar-refractivity contribution is 0.201. The van der Waals surface area contributed by atoms with Gasteiger partial charge in [0.25, 0.3) is 0 Å². The average Bonchev–Trinajstić information content (AvgIpc) is 3.02. The highest BCUT2D eigenvalue weighted by Crippen LogP contribution is 2.21. The first-order valence-electron chi connectivity index (χ1n) is 7.01. The van der Waals surface area contributed by atoms with E-state index in [0.29, 0.717) is 0 Å². The van der Waals surface area contributed by atoms with Crippen molar-refractivity contribution < 1.29 is 4.42 Å². The van der Waals surface area contributed by atoms with E-state index in [1.54, 1.807) is 18.0 Å². The van der Waals surface area contributed by atoms with Crippen LogP contribution in [0.1, 0.15) is 11.3 Å². The molecule has 0 bridgehead atoms. The zero-order chi connectivity index (χ0) is 14.5. The zero-order valence-electron chi connectivity index (χ0n) is 11.8. The number of hydrogen-bond acceptors (Lipinski definition) is 4. The van der Waals surface area contributed by atoms with Gasteiger partial charge in [0, 0.05) is 6.54 Å². The third kappa shape index (κ3) is 4.09. The summed E-state index contributed by atoms with van der Waals surface area (Å²) in [4.78, 5) is 4.63. The second kappa shape index (κ2) is 7.11. The van der Waals surface area contributed by atoms with Crippen LogP contribution in [0.5, 0.6) is 0 Å². The maximum absolute atomic E-state index is 5.45. The van der Waals surface area contributed by atoms with E-state index in [2.05, 4.69) is 40.1 Å². The van der Waals surface area contributed by atoms with Crippen molar-refractivity contribution in [1.82, 2.24) is 9.80 Å². The number of rotatable bonds is 5. The third-order valence-corrected chi connectivity index (χ3v) is 5.10. The van der Waals surface area contributed by atoms with Crippen molar-refractivity contribution in [3.05, 3.63) is 60.1 Å². The maximum atomic E-state index is 5.45. The molecule has 1 saturated heterocycles. The minimum Gasteiger partial charge on any atom is -0.467 e. The summed E-state index contributed by atoms with van der Waals surface area (Å²) in [5, 5.41) is 0. The summed E-state index contributed by atoms with van der Waals surface area (Å²) in [7, 11) is 0. The van der Waals surface area contributed by atoms with Crippen molar-refractivity contribution in [3.63, 3.8) is 0 Å². The molecule has 5 heteroatoms. The van der Waals surface area contributed by atoms with Crippen molar-refractivity contribution in [2.75, 3.05) is 19.1 Å². The molecule has 3 rings (SSSR count). The fraction of sp³-hybridized carbons (Fsp3) is 0.312. The Hall–Kier alpha value is -1.30. The quantitative estimate of drug-likeness (QED) is 0.783. The Bertz CT molecular complexity index is 571. The summed E-state index contributed by atoms with van der Waals surface area (Å²) in [6, 6.07) is 14.5. The number of furan rings is 1. The predicted molar refractivity (Wildman–Crippen MR) is 91.0 cm³/mol. The van der Waals surface area contributed by atoms with Gasteiger partial charge in [-0.15, -0.1) is 0 Å². The van der Waals surface area contributed by atoms with Crippen LogP contribution in [0.15, 0.2) is 53.1 Å². The molecular weight excluding hydrogens is 300 g/mol. The summed E-state index contributed by atoms with van der Waals surface area (Å²) in [6.45, 7) is 2.67. The van der Waals surface area contributed by atoms with Crippen molar-refractivity contribution in [1.29, 1.82) is 0 Å². The summed E-state index contributed by atoms with van der Waals surface area (Å²) < 4.78 is 6.38. The molecular formula is C16H18N2OS2. The van der Waals surface area contributed by atoms with Crippen LogP contribution in [0, 0.1) is 0 Å². The molecule has 1 aromatic heterocycles. The van der Waals surface area contributed by atoms with Gasteiger partial charge in [0.15, 0.2) is 0 Å². The average molecular weight is 318 g/mol. The van der Waals surface area contributed by atoms with E-state index in [4.69, 9.17) is 16.6 Å². The van der Waals surface area contributed by atoms with Gasteiger partial charge in [-0.2, -0.15) is 0 Å². The van der Waals surface area contributed by atoms with Crippen LogP contribution >= 0.6 is 24.0 Å². The van der Waals surface area contributed by atoms with Crippen LogP contribution in [0.4, 0.5) is 0 Å². The van der Waals surface area contributed by atoms with E-state index in [1.165, 1.54) is 5.56 Å². The van der Waals surface area contributed by atoms with E-state index in [9.17, 15) is 0 Å². The van der Waals surface area contributed by atoms with Gasteiger partial charge in [0.1, 0.15) is 10.1 Å². The Labute approximate surface area is 134 Å². The molecule has 0 radical (unpaired) electrons. The van der Waals surface area contributed by atoms with E-state index in [0.717, 1.165) is 42.1 Å². The van der Waals surface area contributed by atoms with Crippen molar-refractivity contribution in [2.24, 2.45) is 0 Å². The molecule has 1 aliphatic heterocycles. The second-order valence-electron chi connectivity index (χ2n) is 5.09. The molecule has 2 aromatic rings. The second-order valence-corrected chi connectivity index (χ2v) is 6.67. The Morgan fingerprint density at radius 1 is 1.14 bits per heavy atom. The molecule has 0 saturated carbocycles. The number of thioether (sulfide) groups is 1. The van der Waals surface area contributed by atoms with Gasteiger partial charge in [-0.3, -0.25) is 4.90 Å². The number of nitrogens with zero attached hydrogens (tertiary/aromatic N) is 2. The maximum Gasteiger partial charge on any atom is 0.139 e. The Kier molecular flexibility index (Phi) is 4.95. The molecule has 0 aliphatic carbocycles. The van der Waals surface area contributed by atoms with Crippen LogP contribution in [0.3, 0.4) is 0 Å². The highest BCUT2D eigenvalue weighted by atomic mass is 32.2. The van der Waals surface area contributed by atoms with Gasteiger partial charge in [0.2, 0.25) is 0 Å². The molecule has 1 aromatic carbocycles. The third-order valence-electron chi connectivity index (χ3n) is 3.49. The van der Waals surface area contributed by atoms with Crippen LogP contribution in [0.2, 0.25) is 0 Å². The molecule has 21 heavy (non-hydrogen) atoms. The first-order chi connectivity index (χ1) is 10.3. The van der Waals surface area contributed by atoms with E-state index >= 15 is 0 Å². The minimum atomic E-state index is 0.751. The minimum absolute atomic E-state index is 0.751. The van der Waals surface area contributed by atoms with Crippen LogP contribution in [-0.4, -0.2) is 33.2 Å². The number of benzene rings is 1. The zero-order valence-corrected chi connectivity index (χ0v) is 13.4. The lowest BCUT2D eigenvalue weighted by Crippen LogP contribution is -2.44. The molecule has 0 atom stereocenters. The van der Waals surface area contributed by atoms with Gasteiger partial charge in [0.05, 0.1) is 25.4 Å². The van der Waals surface area contributed by atoms with Gasteiger partial charge >= 0.3 is 0 Å². The van der Waals surface area contributed by atoms with Crippen molar-refractivity contribution in [2.45, 2.75) is 13.0 Å². The molecule has 110 valence electrons. The van der Waals surface area contributed by atoms with Crippen LogP contribution < -0.4 is 0 Å². The highest BCUT2D eigenvalue weighted by Gasteiger charge is 2.22. The predicted octanol–water partition coefficient (Wildman–Crippen LogP) is 3.57. The van der Waals surface area contributed by atoms with Crippen LogP contribution in [0.25, 0.3) is 0 Å². The topological polar surface area (TPSA) is 19.6 Å². The normalized spacial score (nSPS) is 16.4. The van der Waals surface area contributed by atoms with Gasteiger partial charge < -0.3 is 9.32 Å². The molecule has 2 heterocycles. The lowest BCUT2D eigenvalue weighted by atomic mass is 10.1. The van der Waals surface area contributed by atoms with Crippen molar-refractivity contribution >= 4 is 28.3 Å². The number of hydrogen-bond donors (Lipinski definition) is 0. The summed E-state index contributed by atoms with van der Waals surface area (Å²) in [5.74, 6) is 1.93. The first kappa shape index (κ1) is 14.6. The fourth-order valence-corrected chi connectivity index (χ4v) is 3.44. The summed E-state index contributed by atoms with van der Waals surface area (Å²) in [6.07, 6.45) is 2.78. The summed E-state index contributed by atoms with van der Waals surface area (Å²) >= 11 is 7.18. The molecule has 0 N–H and O–H groups in total. The molecule has 1 fully saturated rings. The molecule has 3 nitrogen and oxygen atoms in total. The fourth-order valence-electron chi connectivity index (χ4n) is 2.35. The molecule has 1 aliphatic rings. The van der Waals surface area contributed by atoms with E-state index < -0.39 is 0 Å². The van der Waals surface area contributed by atoms with Gasteiger partial charge in [-0.05, 0) is 24.1 Å². The molecule has 0 amide bonds. The van der Waals surface area contributed by atoms with Gasteiger partial charge in [-0.1, -0.05) is 54.3 Å². The highest BCUT2D eigenvalue weighted by molar-refractivity contribution is 8.22. The molecule has 0 unspecified atom stereocenters. The van der Waals surface area contributed by atoms with E-state index in [1.807, 2.05) is 12.1 Å². The van der Waals surface area contributed by atoms with E-state index in [-0.39, 0.29) is 0 Å². The Balaban J connectivity index is 1.54. The Morgan fingerprint density at radius 3 is 2.76 bits per heavy atom. The Morgan fingerprint density at radius 2 is 2.00 bits per heavy atom. The van der Waals surface area contributed by atoms with Crippen LogP contribution in [-0.2, 0) is 13.0 Å². The smallest absolute Gasteiger partial charge is 0.139 e. The molecule has 0 spiro atoms. The lowest BCUT2D eigenvalue weighted by Gasteiger charge is -2.36. The summed E-state index contributed by atoms with van der Waals surface area (Å²) in [5.41, 5.74) is 1.38. The monoisotopic (exact) mass is 318 g/mol. The number of thiocarbonyl (C=S) groups is 1. The SMILES string of the molecule is S=C1SCN(CCc2ccccc2)CN1Cc1ccco1. The van der Waals surface area contributed by atoms with Gasteiger partial charge in [-0.25, -0.2) is 0 Å². The largest absolute Gasteiger partial charge is 0.467 e. The standard InChI is InChI=1S/C16H18N2OS2/c20-16-18(11-15-7-4-10-19-15)12-17(13-21-16)9-8-14-5-2-1-3-6-14/h1-7,10H,8-9,11-13H2. The first-order valence-corrected chi connectivity index (χ1v) is 8.41.